The molecule has 1 aliphatic rings. The van der Waals surface area contributed by atoms with Gasteiger partial charge in [0.2, 0.25) is 11.8 Å². The molecule has 3 N–H and O–H groups in total. The molecule has 3 rings (SSSR count). The molecule has 1 aromatic heterocycles. The van der Waals surface area contributed by atoms with E-state index in [1.807, 2.05) is 0 Å². The molecule has 1 saturated heterocycles. The molecule has 2 atom stereocenters. The number of ether oxygens (including phenoxy) is 1. The molecule has 1 aromatic carbocycles. The van der Waals surface area contributed by atoms with Crippen molar-refractivity contribution in [2.24, 2.45) is 0 Å². The van der Waals surface area contributed by atoms with Gasteiger partial charge in [-0.2, -0.15) is 5.10 Å². The summed E-state index contributed by atoms with van der Waals surface area (Å²) < 4.78 is 6.94. The van der Waals surface area contributed by atoms with E-state index in [0.717, 1.165) is 6.54 Å². The minimum absolute atomic E-state index is 0.0292. The summed E-state index contributed by atoms with van der Waals surface area (Å²) in [7, 11) is 0. The molecule has 2 amide bonds. The SMILES string of the molecule is CC(C(=O)Nc1cccc(NC(=O)CC2COCCN2)c1)n1cccn1. The van der Waals surface area contributed by atoms with Gasteiger partial charge in [-0.15, -0.1) is 0 Å². The Labute approximate surface area is 151 Å². The van der Waals surface area contributed by atoms with Gasteiger partial charge in [-0.3, -0.25) is 14.3 Å². The third-order valence-corrected chi connectivity index (χ3v) is 4.15. The van der Waals surface area contributed by atoms with Gasteiger partial charge in [0.05, 0.1) is 13.2 Å². The number of nitrogens with zero attached hydrogens (tertiary/aromatic N) is 2. The van der Waals surface area contributed by atoms with Crippen LogP contribution in [0.2, 0.25) is 0 Å². The van der Waals surface area contributed by atoms with Gasteiger partial charge in [0.25, 0.3) is 0 Å². The van der Waals surface area contributed by atoms with Crippen LogP contribution in [0.1, 0.15) is 19.4 Å². The highest BCUT2D eigenvalue weighted by Crippen LogP contribution is 2.17. The van der Waals surface area contributed by atoms with Crippen LogP contribution >= 0.6 is 0 Å². The standard InChI is InChI=1S/C18H23N5O3/c1-13(23-8-3-6-20-23)18(25)22-15-5-2-4-14(10-15)21-17(24)11-16-12-26-9-7-19-16/h2-6,8,10,13,16,19H,7,9,11-12H2,1H3,(H,21,24)(H,22,25). The summed E-state index contributed by atoms with van der Waals surface area (Å²) >= 11 is 0. The molecule has 0 spiro atoms. The molecule has 0 aliphatic carbocycles. The average molecular weight is 357 g/mol. The second kappa shape index (κ2) is 8.59. The number of aromatic nitrogens is 2. The van der Waals surface area contributed by atoms with Crippen LogP contribution in [0.25, 0.3) is 0 Å². The van der Waals surface area contributed by atoms with E-state index in [1.54, 1.807) is 54.3 Å². The Balaban J connectivity index is 1.55. The first-order chi connectivity index (χ1) is 12.6. The number of benzene rings is 1. The van der Waals surface area contributed by atoms with E-state index in [0.29, 0.717) is 31.0 Å². The van der Waals surface area contributed by atoms with E-state index in [2.05, 4.69) is 21.0 Å². The van der Waals surface area contributed by atoms with Crippen LogP contribution in [0.4, 0.5) is 11.4 Å². The van der Waals surface area contributed by atoms with Crippen LogP contribution in [-0.2, 0) is 14.3 Å². The Morgan fingerprint density at radius 3 is 2.85 bits per heavy atom. The van der Waals surface area contributed by atoms with Crippen molar-refractivity contribution >= 4 is 23.2 Å². The highest BCUT2D eigenvalue weighted by Gasteiger charge is 2.18. The second-order valence-electron chi connectivity index (χ2n) is 6.21. The third kappa shape index (κ3) is 4.90. The van der Waals surface area contributed by atoms with Gasteiger partial charge >= 0.3 is 0 Å². The highest BCUT2D eigenvalue weighted by atomic mass is 16.5. The van der Waals surface area contributed by atoms with Crippen LogP contribution in [0.15, 0.2) is 42.7 Å². The number of carbonyl (C=O) groups is 2. The number of amides is 2. The van der Waals surface area contributed by atoms with Gasteiger partial charge in [-0.1, -0.05) is 6.07 Å². The van der Waals surface area contributed by atoms with Gasteiger partial charge in [-0.05, 0) is 31.2 Å². The number of morpholine rings is 1. The van der Waals surface area contributed by atoms with Crippen molar-refractivity contribution in [1.29, 1.82) is 0 Å². The lowest BCUT2D eigenvalue weighted by Gasteiger charge is -2.23. The Hall–Kier alpha value is -2.71. The first-order valence-electron chi connectivity index (χ1n) is 8.63. The zero-order valence-electron chi connectivity index (χ0n) is 14.6. The van der Waals surface area contributed by atoms with E-state index in [9.17, 15) is 9.59 Å². The maximum absolute atomic E-state index is 12.3. The molecule has 0 saturated carbocycles. The van der Waals surface area contributed by atoms with Crippen LogP contribution in [0.5, 0.6) is 0 Å². The lowest BCUT2D eigenvalue weighted by Crippen LogP contribution is -2.43. The Morgan fingerprint density at radius 1 is 1.35 bits per heavy atom. The van der Waals surface area contributed by atoms with Crippen LogP contribution in [-0.4, -0.2) is 47.4 Å². The Bertz CT molecular complexity index is 741. The molecule has 0 radical (unpaired) electrons. The van der Waals surface area contributed by atoms with Crippen molar-refractivity contribution in [3.8, 4) is 0 Å². The molecule has 1 aliphatic heterocycles. The van der Waals surface area contributed by atoms with Gasteiger partial charge in [0.15, 0.2) is 0 Å². The normalized spacial score (nSPS) is 18.1. The first kappa shape index (κ1) is 18.1. The molecular weight excluding hydrogens is 334 g/mol. The van der Waals surface area contributed by atoms with Crippen molar-refractivity contribution in [1.82, 2.24) is 15.1 Å². The Kier molecular flexibility index (Phi) is 5.98. The monoisotopic (exact) mass is 357 g/mol. The molecule has 138 valence electrons. The number of hydrogen-bond acceptors (Lipinski definition) is 5. The number of rotatable bonds is 6. The summed E-state index contributed by atoms with van der Waals surface area (Å²) in [4.78, 5) is 24.5. The molecule has 0 bridgehead atoms. The summed E-state index contributed by atoms with van der Waals surface area (Å²) in [6, 6.07) is 8.45. The van der Waals surface area contributed by atoms with E-state index in [1.165, 1.54) is 0 Å². The molecule has 1 fully saturated rings. The molecular formula is C18H23N5O3. The minimum Gasteiger partial charge on any atom is -0.378 e. The van der Waals surface area contributed by atoms with Crippen molar-refractivity contribution < 1.29 is 14.3 Å². The quantitative estimate of drug-likeness (QED) is 0.726. The molecule has 8 nitrogen and oxygen atoms in total. The maximum Gasteiger partial charge on any atom is 0.248 e. The molecule has 2 heterocycles. The third-order valence-electron chi connectivity index (χ3n) is 4.15. The second-order valence-corrected chi connectivity index (χ2v) is 6.21. The zero-order chi connectivity index (χ0) is 18.4. The summed E-state index contributed by atoms with van der Waals surface area (Å²) in [5.41, 5.74) is 1.25. The smallest absolute Gasteiger partial charge is 0.248 e. The van der Waals surface area contributed by atoms with Gasteiger partial charge < -0.3 is 20.7 Å². The van der Waals surface area contributed by atoms with E-state index in [4.69, 9.17) is 4.74 Å². The largest absolute Gasteiger partial charge is 0.378 e. The van der Waals surface area contributed by atoms with Crippen LogP contribution in [0.3, 0.4) is 0 Å². The van der Waals surface area contributed by atoms with Crippen LogP contribution < -0.4 is 16.0 Å². The lowest BCUT2D eigenvalue weighted by molar-refractivity contribution is -0.119. The number of nitrogens with one attached hydrogen (secondary N) is 3. The predicted octanol–water partition coefficient (Wildman–Crippen LogP) is 1.40. The fourth-order valence-electron chi connectivity index (χ4n) is 2.74. The van der Waals surface area contributed by atoms with Gasteiger partial charge in [0.1, 0.15) is 6.04 Å². The number of hydrogen-bond donors (Lipinski definition) is 3. The molecule has 8 heteroatoms. The minimum atomic E-state index is -0.430. The van der Waals surface area contributed by atoms with Gasteiger partial charge in [0, 0.05) is 42.8 Å². The average Bonchev–Trinajstić information content (AvgIpc) is 3.16. The Morgan fingerprint density at radius 2 is 2.15 bits per heavy atom. The molecule has 2 aromatic rings. The maximum atomic E-state index is 12.3. The van der Waals surface area contributed by atoms with E-state index < -0.39 is 6.04 Å². The topological polar surface area (TPSA) is 97.3 Å². The van der Waals surface area contributed by atoms with Crippen molar-refractivity contribution in [2.75, 3.05) is 30.4 Å². The van der Waals surface area contributed by atoms with Gasteiger partial charge in [-0.25, -0.2) is 0 Å². The summed E-state index contributed by atoms with van der Waals surface area (Å²) in [5.74, 6) is -0.276. The van der Waals surface area contributed by atoms with E-state index >= 15 is 0 Å². The van der Waals surface area contributed by atoms with Crippen molar-refractivity contribution in [2.45, 2.75) is 25.4 Å². The molecule has 2 unspecified atom stereocenters. The zero-order valence-corrected chi connectivity index (χ0v) is 14.6. The summed E-state index contributed by atoms with van der Waals surface area (Å²) in [6.07, 6.45) is 3.71. The number of carbonyl (C=O) groups excluding carboxylic acids is 2. The van der Waals surface area contributed by atoms with Crippen molar-refractivity contribution in [3.05, 3.63) is 42.7 Å². The fraction of sp³-hybridized carbons (Fsp3) is 0.389. The molecule has 26 heavy (non-hydrogen) atoms. The van der Waals surface area contributed by atoms with Crippen molar-refractivity contribution in [3.63, 3.8) is 0 Å². The predicted molar refractivity (Wildman–Crippen MR) is 97.9 cm³/mol. The fourth-order valence-corrected chi connectivity index (χ4v) is 2.74. The van der Waals surface area contributed by atoms with E-state index in [-0.39, 0.29) is 17.9 Å². The first-order valence-corrected chi connectivity index (χ1v) is 8.63. The summed E-state index contributed by atoms with van der Waals surface area (Å²) in [6.45, 7) is 3.74. The highest BCUT2D eigenvalue weighted by molar-refractivity contribution is 5.95. The summed E-state index contributed by atoms with van der Waals surface area (Å²) in [5, 5.41) is 13.0. The lowest BCUT2D eigenvalue weighted by atomic mass is 10.2. The van der Waals surface area contributed by atoms with Crippen LogP contribution in [0, 0.1) is 0 Å². The number of anilines is 2.